The summed E-state index contributed by atoms with van der Waals surface area (Å²) in [7, 11) is 0. The highest BCUT2D eigenvalue weighted by atomic mass is 32.2. The molecular formula is C15H21NO2S. The lowest BCUT2D eigenvalue weighted by atomic mass is 10.1. The van der Waals surface area contributed by atoms with Crippen LogP contribution in [-0.4, -0.2) is 22.8 Å². The molecule has 0 heterocycles. The minimum Gasteiger partial charge on any atom is -0.389 e. The molecule has 2 N–H and O–H groups in total. The van der Waals surface area contributed by atoms with Crippen LogP contribution < -0.4 is 5.32 Å². The third-order valence-electron chi connectivity index (χ3n) is 3.45. The van der Waals surface area contributed by atoms with Gasteiger partial charge in [-0.1, -0.05) is 25.0 Å². The minimum absolute atomic E-state index is 0.122. The summed E-state index contributed by atoms with van der Waals surface area (Å²) in [4.78, 5) is 12.8. The number of hydrogen-bond donors (Lipinski definition) is 2. The van der Waals surface area contributed by atoms with Crippen molar-refractivity contribution in [3.8, 4) is 0 Å². The summed E-state index contributed by atoms with van der Waals surface area (Å²) in [5, 5.41) is 12.5. The van der Waals surface area contributed by atoms with E-state index in [1.165, 1.54) is 24.6 Å². The number of aliphatic hydroxyl groups is 1. The molecule has 0 aromatic heterocycles. The van der Waals surface area contributed by atoms with Gasteiger partial charge in [0.1, 0.15) is 0 Å². The number of rotatable bonds is 5. The Labute approximate surface area is 118 Å². The highest BCUT2D eigenvalue weighted by Gasteiger charge is 2.16. The zero-order chi connectivity index (χ0) is 13.7. The largest absolute Gasteiger partial charge is 0.389 e. The summed E-state index contributed by atoms with van der Waals surface area (Å²) in [5.41, 5.74) is 0.903. The molecule has 1 aromatic rings. The van der Waals surface area contributed by atoms with Crippen molar-refractivity contribution in [3.05, 3.63) is 29.8 Å². The van der Waals surface area contributed by atoms with Gasteiger partial charge >= 0.3 is 0 Å². The smallest absolute Gasteiger partial charge is 0.230 e. The van der Waals surface area contributed by atoms with Gasteiger partial charge in [-0.25, -0.2) is 0 Å². The maximum absolute atomic E-state index is 11.8. The highest BCUT2D eigenvalue weighted by molar-refractivity contribution is 8.00. The standard InChI is InChI=1S/C15H21NO2S/c1-11(17)12-6-8-14(9-7-12)19-10-15(18)16-13-4-2-3-5-13/h6-9,11,13,17H,2-5,10H2,1H3,(H,16,18). The van der Waals surface area contributed by atoms with Crippen molar-refractivity contribution in [1.29, 1.82) is 0 Å². The van der Waals surface area contributed by atoms with Crippen LogP contribution in [0.3, 0.4) is 0 Å². The normalized spacial score (nSPS) is 17.4. The van der Waals surface area contributed by atoms with Crippen molar-refractivity contribution in [3.63, 3.8) is 0 Å². The Morgan fingerprint density at radius 3 is 2.58 bits per heavy atom. The third-order valence-corrected chi connectivity index (χ3v) is 4.46. The van der Waals surface area contributed by atoms with Crippen LogP contribution in [0.2, 0.25) is 0 Å². The molecule has 1 fully saturated rings. The maximum Gasteiger partial charge on any atom is 0.230 e. The fourth-order valence-electron chi connectivity index (χ4n) is 2.33. The SMILES string of the molecule is CC(O)c1ccc(SCC(=O)NC2CCCC2)cc1. The highest BCUT2D eigenvalue weighted by Crippen LogP contribution is 2.22. The number of benzene rings is 1. The molecular weight excluding hydrogens is 258 g/mol. The number of hydrogen-bond acceptors (Lipinski definition) is 3. The Hall–Kier alpha value is -1.00. The monoisotopic (exact) mass is 279 g/mol. The number of carbonyl (C=O) groups is 1. The zero-order valence-electron chi connectivity index (χ0n) is 11.3. The molecule has 4 heteroatoms. The Kier molecular flexibility index (Phi) is 5.28. The minimum atomic E-state index is -0.440. The second-order valence-electron chi connectivity index (χ2n) is 5.08. The number of nitrogens with one attached hydrogen (secondary N) is 1. The molecule has 2 rings (SSSR count). The molecule has 1 unspecified atom stereocenters. The molecule has 1 aromatic carbocycles. The summed E-state index contributed by atoms with van der Waals surface area (Å²) >= 11 is 1.54. The van der Waals surface area contributed by atoms with E-state index in [0.717, 1.165) is 23.3 Å². The van der Waals surface area contributed by atoms with Gasteiger partial charge < -0.3 is 10.4 Å². The Bertz CT molecular complexity index is 411. The maximum atomic E-state index is 11.8. The van der Waals surface area contributed by atoms with Crippen LogP contribution in [0.1, 0.15) is 44.3 Å². The van der Waals surface area contributed by atoms with Gasteiger partial charge in [0, 0.05) is 10.9 Å². The molecule has 0 aliphatic heterocycles. The summed E-state index contributed by atoms with van der Waals surface area (Å²) in [6.07, 6.45) is 4.28. The molecule has 1 amide bonds. The summed E-state index contributed by atoms with van der Waals surface area (Å²) in [6.45, 7) is 1.75. The van der Waals surface area contributed by atoms with Crippen LogP contribution in [0.25, 0.3) is 0 Å². The van der Waals surface area contributed by atoms with Gasteiger partial charge in [0.2, 0.25) is 5.91 Å². The van der Waals surface area contributed by atoms with Gasteiger partial charge in [-0.2, -0.15) is 0 Å². The van der Waals surface area contributed by atoms with Crippen LogP contribution in [-0.2, 0) is 4.79 Å². The Balaban J connectivity index is 1.76. The lowest BCUT2D eigenvalue weighted by Gasteiger charge is -2.11. The first-order valence-corrected chi connectivity index (χ1v) is 7.84. The van der Waals surface area contributed by atoms with E-state index >= 15 is 0 Å². The van der Waals surface area contributed by atoms with E-state index in [1.807, 2.05) is 24.3 Å². The van der Waals surface area contributed by atoms with Crippen LogP contribution in [0, 0.1) is 0 Å². The number of aliphatic hydroxyl groups excluding tert-OH is 1. The van der Waals surface area contributed by atoms with Crippen molar-refractivity contribution >= 4 is 17.7 Å². The Morgan fingerprint density at radius 2 is 2.00 bits per heavy atom. The summed E-state index contributed by atoms with van der Waals surface area (Å²) in [6, 6.07) is 8.11. The van der Waals surface area contributed by atoms with Crippen LogP contribution in [0.5, 0.6) is 0 Å². The van der Waals surface area contributed by atoms with E-state index < -0.39 is 6.10 Å². The average molecular weight is 279 g/mol. The first kappa shape index (κ1) is 14.4. The number of carbonyl (C=O) groups excluding carboxylic acids is 1. The molecule has 0 bridgehead atoms. The molecule has 1 aliphatic carbocycles. The molecule has 19 heavy (non-hydrogen) atoms. The molecule has 104 valence electrons. The average Bonchev–Trinajstić information content (AvgIpc) is 2.89. The van der Waals surface area contributed by atoms with E-state index in [1.54, 1.807) is 6.92 Å². The van der Waals surface area contributed by atoms with Crippen molar-refractivity contribution in [1.82, 2.24) is 5.32 Å². The first-order valence-electron chi connectivity index (χ1n) is 6.85. The van der Waals surface area contributed by atoms with Crippen molar-refractivity contribution in [2.45, 2.75) is 49.6 Å². The lowest BCUT2D eigenvalue weighted by molar-refractivity contribution is -0.119. The molecule has 1 atom stereocenters. The van der Waals surface area contributed by atoms with Gasteiger partial charge in [0.25, 0.3) is 0 Å². The Morgan fingerprint density at radius 1 is 1.37 bits per heavy atom. The van der Waals surface area contributed by atoms with E-state index in [0.29, 0.717) is 11.8 Å². The molecule has 0 saturated heterocycles. The predicted molar refractivity (Wildman–Crippen MR) is 78.2 cm³/mol. The first-order chi connectivity index (χ1) is 9.15. The van der Waals surface area contributed by atoms with Gasteiger partial charge in [0.15, 0.2) is 0 Å². The third kappa shape index (κ3) is 4.55. The van der Waals surface area contributed by atoms with Crippen LogP contribution in [0.4, 0.5) is 0 Å². The molecule has 0 spiro atoms. The summed E-state index contributed by atoms with van der Waals surface area (Å²) < 4.78 is 0. The fraction of sp³-hybridized carbons (Fsp3) is 0.533. The van der Waals surface area contributed by atoms with Gasteiger partial charge in [-0.05, 0) is 37.5 Å². The molecule has 3 nitrogen and oxygen atoms in total. The van der Waals surface area contributed by atoms with E-state index in [4.69, 9.17) is 0 Å². The number of thioether (sulfide) groups is 1. The quantitative estimate of drug-likeness (QED) is 0.815. The zero-order valence-corrected chi connectivity index (χ0v) is 12.1. The van der Waals surface area contributed by atoms with E-state index in [-0.39, 0.29) is 5.91 Å². The fourth-order valence-corrected chi connectivity index (χ4v) is 3.04. The van der Waals surface area contributed by atoms with Crippen molar-refractivity contribution in [2.75, 3.05) is 5.75 Å². The molecule has 0 radical (unpaired) electrons. The van der Waals surface area contributed by atoms with Crippen LogP contribution in [0.15, 0.2) is 29.2 Å². The van der Waals surface area contributed by atoms with Crippen LogP contribution >= 0.6 is 11.8 Å². The summed E-state index contributed by atoms with van der Waals surface area (Å²) in [5.74, 6) is 0.585. The van der Waals surface area contributed by atoms with E-state index in [2.05, 4.69) is 5.32 Å². The van der Waals surface area contributed by atoms with E-state index in [9.17, 15) is 9.90 Å². The van der Waals surface area contributed by atoms with Crippen molar-refractivity contribution < 1.29 is 9.90 Å². The predicted octanol–water partition coefficient (Wildman–Crippen LogP) is 2.89. The molecule has 1 aliphatic rings. The van der Waals surface area contributed by atoms with Crippen molar-refractivity contribution in [2.24, 2.45) is 0 Å². The second-order valence-corrected chi connectivity index (χ2v) is 6.13. The lowest BCUT2D eigenvalue weighted by Crippen LogP contribution is -2.33. The topological polar surface area (TPSA) is 49.3 Å². The van der Waals surface area contributed by atoms with Gasteiger partial charge in [0.05, 0.1) is 11.9 Å². The number of amides is 1. The van der Waals surface area contributed by atoms with Gasteiger partial charge in [-0.15, -0.1) is 11.8 Å². The van der Waals surface area contributed by atoms with Gasteiger partial charge in [-0.3, -0.25) is 4.79 Å². The molecule has 1 saturated carbocycles. The second kappa shape index (κ2) is 6.96.